The number of carbonyl (C=O) groups is 1. The van der Waals surface area contributed by atoms with Crippen LogP contribution in [-0.4, -0.2) is 37.9 Å². The van der Waals surface area contributed by atoms with Crippen molar-refractivity contribution in [3.05, 3.63) is 74.3 Å². The van der Waals surface area contributed by atoms with Crippen molar-refractivity contribution < 1.29 is 9.53 Å². The highest BCUT2D eigenvalue weighted by molar-refractivity contribution is 7.99. The number of carbonyl (C=O) groups excluding carboxylic acids is 1. The Morgan fingerprint density at radius 2 is 1.95 bits per heavy atom. The van der Waals surface area contributed by atoms with Crippen molar-refractivity contribution in [2.75, 3.05) is 18.2 Å². The Kier molecular flexibility index (Phi) is 6.63. The molecule has 1 amide bonds. The highest BCUT2D eigenvalue weighted by Gasteiger charge is 2.27. The van der Waals surface area contributed by atoms with Crippen LogP contribution in [0, 0.1) is 5.92 Å². The van der Waals surface area contributed by atoms with Crippen molar-refractivity contribution in [1.82, 2.24) is 19.2 Å². The highest BCUT2D eigenvalue weighted by Crippen LogP contribution is 2.38. The fraction of sp³-hybridized carbons (Fsp3) is 0.259. The van der Waals surface area contributed by atoms with E-state index in [4.69, 9.17) is 16.3 Å². The molecule has 0 radical (unpaired) electrons. The molecule has 3 aromatic heterocycles. The molecule has 0 unspecified atom stereocenters. The fourth-order valence-electron chi connectivity index (χ4n) is 4.83. The molecule has 1 N–H and O–H groups in total. The molecule has 194 valence electrons. The number of amides is 1. The van der Waals surface area contributed by atoms with Gasteiger partial charge in [-0.2, -0.15) is 0 Å². The van der Waals surface area contributed by atoms with Crippen LogP contribution in [0.2, 0.25) is 5.02 Å². The lowest BCUT2D eigenvalue weighted by molar-refractivity contribution is -0.113. The Bertz CT molecular complexity index is 1720. The third-order valence-corrected chi connectivity index (χ3v) is 9.17. The van der Waals surface area contributed by atoms with E-state index in [1.807, 2.05) is 4.40 Å². The summed E-state index contributed by atoms with van der Waals surface area (Å²) in [5, 5.41) is 13.6. The first-order chi connectivity index (χ1) is 18.4. The number of nitrogens with zero attached hydrogens (tertiary/aromatic N) is 4. The predicted molar refractivity (Wildman–Crippen MR) is 153 cm³/mol. The van der Waals surface area contributed by atoms with Gasteiger partial charge in [0.1, 0.15) is 10.6 Å². The van der Waals surface area contributed by atoms with E-state index >= 15 is 0 Å². The molecule has 0 saturated heterocycles. The van der Waals surface area contributed by atoms with Crippen LogP contribution in [0.25, 0.3) is 21.7 Å². The summed E-state index contributed by atoms with van der Waals surface area (Å²) in [4.78, 5) is 28.8. The van der Waals surface area contributed by atoms with Crippen LogP contribution in [0.1, 0.15) is 23.8 Å². The summed E-state index contributed by atoms with van der Waals surface area (Å²) < 4.78 is 8.69. The molecule has 8 nitrogen and oxygen atoms in total. The van der Waals surface area contributed by atoms with Crippen LogP contribution in [0.3, 0.4) is 0 Å². The third-order valence-electron chi connectivity index (χ3n) is 6.72. The lowest BCUT2D eigenvalue weighted by Gasteiger charge is -2.18. The van der Waals surface area contributed by atoms with Crippen LogP contribution in [0.15, 0.2) is 58.5 Å². The first kappa shape index (κ1) is 25.0. The molecule has 1 atom stereocenters. The van der Waals surface area contributed by atoms with Crippen LogP contribution in [0.5, 0.6) is 5.75 Å². The molecule has 6 rings (SSSR count). The smallest absolute Gasteiger partial charge is 0.268 e. The average Bonchev–Trinajstić information content (AvgIpc) is 3.50. The van der Waals surface area contributed by atoms with Gasteiger partial charge in [-0.3, -0.25) is 9.59 Å². The molecule has 5 aromatic rings. The number of methoxy groups -OCH3 is 1. The third kappa shape index (κ3) is 4.46. The van der Waals surface area contributed by atoms with E-state index in [0.717, 1.165) is 35.4 Å². The second-order valence-corrected chi connectivity index (χ2v) is 11.8. The molecular weight excluding hydrogens is 542 g/mol. The number of hydrogen-bond acceptors (Lipinski definition) is 7. The Morgan fingerprint density at radius 3 is 2.68 bits per heavy atom. The van der Waals surface area contributed by atoms with Gasteiger partial charge in [-0.1, -0.05) is 30.3 Å². The van der Waals surface area contributed by atoms with Gasteiger partial charge in [-0.15, -0.1) is 21.5 Å². The number of nitrogens with one attached hydrogen (secondary N) is 1. The number of ether oxygens (including phenoxy) is 1. The van der Waals surface area contributed by atoms with Gasteiger partial charge >= 0.3 is 0 Å². The molecule has 11 heteroatoms. The number of aromatic nitrogens is 4. The van der Waals surface area contributed by atoms with Crippen molar-refractivity contribution in [3.8, 4) is 11.4 Å². The number of fused-ring (bicyclic) bond motifs is 5. The zero-order valence-electron chi connectivity index (χ0n) is 20.7. The summed E-state index contributed by atoms with van der Waals surface area (Å²) in [6.07, 6.45) is 2.92. The Morgan fingerprint density at radius 1 is 1.18 bits per heavy atom. The minimum atomic E-state index is -0.168. The first-order valence-electron chi connectivity index (χ1n) is 12.2. The largest absolute Gasteiger partial charge is 0.497 e. The number of anilines is 1. The van der Waals surface area contributed by atoms with E-state index in [1.54, 1.807) is 71.5 Å². The summed E-state index contributed by atoms with van der Waals surface area (Å²) in [5.41, 5.74) is 2.36. The summed E-state index contributed by atoms with van der Waals surface area (Å²) in [6, 6.07) is 14.3. The minimum Gasteiger partial charge on any atom is -0.497 e. The van der Waals surface area contributed by atoms with Crippen LogP contribution in [-0.2, 0) is 17.6 Å². The van der Waals surface area contributed by atoms with Crippen LogP contribution < -0.4 is 15.6 Å². The molecule has 0 aliphatic heterocycles. The van der Waals surface area contributed by atoms with Crippen molar-refractivity contribution >= 4 is 62.3 Å². The lowest BCUT2D eigenvalue weighted by Crippen LogP contribution is -2.23. The van der Waals surface area contributed by atoms with E-state index < -0.39 is 0 Å². The Labute approximate surface area is 231 Å². The number of thioether (sulfide) groups is 1. The normalized spacial score (nSPS) is 15.1. The second kappa shape index (κ2) is 10.1. The van der Waals surface area contributed by atoms with Gasteiger partial charge in [0.15, 0.2) is 5.16 Å². The maximum Gasteiger partial charge on any atom is 0.268 e. The number of benzene rings is 2. The maximum absolute atomic E-state index is 14.0. The molecule has 38 heavy (non-hydrogen) atoms. The molecule has 0 saturated carbocycles. The molecule has 0 bridgehead atoms. The van der Waals surface area contributed by atoms with Gasteiger partial charge in [-0.25, -0.2) is 8.97 Å². The van der Waals surface area contributed by atoms with Gasteiger partial charge in [-0.05, 0) is 79.3 Å². The molecular formula is C27H24ClN5O3S2. The van der Waals surface area contributed by atoms with E-state index in [2.05, 4.69) is 22.4 Å². The topological polar surface area (TPSA) is 90.5 Å². The van der Waals surface area contributed by atoms with E-state index in [1.165, 1.54) is 16.6 Å². The lowest BCUT2D eigenvalue weighted by atomic mass is 9.89. The Balaban J connectivity index is 1.42. The number of halogens is 1. The number of rotatable bonds is 6. The van der Waals surface area contributed by atoms with Gasteiger partial charge < -0.3 is 10.1 Å². The summed E-state index contributed by atoms with van der Waals surface area (Å²) in [5.74, 6) is 1.61. The van der Waals surface area contributed by atoms with E-state index in [9.17, 15) is 9.59 Å². The van der Waals surface area contributed by atoms with Crippen molar-refractivity contribution in [3.63, 3.8) is 0 Å². The minimum absolute atomic E-state index is 0.109. The molecule has 1 aliphatic rings. The van der Waals surface area contributed by atoms with E-state index in [0.29, 0.717) is 38.6 Å². The van der Waals surface area contributed by atoms with Gasteiger partial charge in [0.25, 0.3) is 5.56 Å². The highest BCUT2D eigenvalue weighted by atomic mass is 35.5. The summed E-state index contributed by atoms with van der Waals surface area (Å²) >= 11 is 9.05. The number of aryl methyl sites for hydroxylation is 1. The number of hydrogen-bond donors (Lipinski definition) is 1. The van der Waals surface area contributed by atoms with Gasteiger partial charge in [0, 0.05) is 15.6 Å². The molecule has 3 heterocycles. The number of thiophene rings is 1. The second-order valence-electron chi connectivity index (χ2n) is 9.33. The van der Waals surface area contributed by atoms with Crippen molar-refractivity contribution in [1.29, 1.82) is 0 Å². The van der Waals surface area contributed by atoms with Crippen molar-refractivity contribution in [2.45, 2.75) is 31.3 Å². The quantitative estimate of drug-likeness (QED) is 0.269. The predicted octanol–water partition coefficient (Wildman–Crippen LogP) is 5.61. The molecule has 2 aromatic carbocycles. The zero-order valence-corrected chi connectivity index (χ0v) is 23.1. The standard InChI is InChI=1S/C27H24ClN5O3S2/c1-15-3-12-21-20(13-15)23-24(35)32(18-8-4-16(28)5-9-18)26-30-31-27(33(26)25(23)38-21)37-14-22(34)29-17-6-10-19(36-2)11-7-17/h4-11,15H,3,12-14H2,1-2H3,(H,29,34)/t15-/m0/s1. The Hall–Kier alpha value is -3.34. The first-order valence-corrected chi connectivity index (χ1v) is 14.4. The molecule has 1 aliphatic carbocycles. The summed E-state index contributed by atoms with van der Waals surface area (Å²) in [7, 11) is 1.60. The fourth-order valence-corrected chi connectivity index (χ4v) is 7.08. The van der Waals surface area contributed by atoms with Gasteiger partial charge in [0.2, 0.25) is 11.7 Å². The molecule has 0 spiro atoms. The van der Waals surface area contributed by atoms with Gasteiger partial charge in [0.05, 0.1) is 23.9 Å². The SMILES string of the molecule is COc1ccc(NC(=O)CSc2nnc3n(-c4ccc(Cl)cc4)c(=O)c4c5c(sc4n23)CC[C@H](C)C5)cc1. The average molecular weight is 566 g/mol. The zero-order chi connectivity index (χ0) is 26.4. The molecule has 0 fully saturated rings. The van der Waals surface area contributed by atoms with Crippen molar-refractivity contribution in [2.24, 2.45) is 5.92 Å². The maximum atomic E-state index is 14.0. The van der Waals surface area contributed by atoms with E-state index in [-0.39, 0.29) is 17.2 Å². The van der Waals surface area contributed by atoms with Crippen LogP contribution in [0.4, 0.5) is 5.69 Å². The summed E-state index contributed by atoms with van der Waals surface area (Å²) in [6.45, 7) is 2.23. The monoisotopic (exact) mass is 565 g/mol. The van der Waals surface area contributed by atoms with Crippen LogP contribution >= 0.6 is 34.7 Å².